The third kappa shape index (κ3) is 6.41. The number of hydrogen-bond acceptors (Lipinski definition) is 7. The van der Waals surface area contributed by atoms with Gasteiger partial charge in [0.25, 0.3) is 11.5 Å². The van der Waals surface area contributed by atoms with Crippen LogP contribution in [0.4, 0.5) is 23.2 Å². The van der Waals surface area contributed by atoms with Crippen molar-refractivity contribution in [1.29, 1.82) is 0 Å². The van der Waals surface area contributed by atoms with Gasteiger partial charge in [-0.05, 0) is 56.0 Å². The Kier molecular flexibility index (Phi) is 9.32. The van der Waals surface area contributed by atoms with Gasteiger partial charge in [0.1, 0.15) is 29.3 Å². The number of morpholine rings is 1. The molecule has 1 fully saturated rings. The average molecular weight is 667 g/mol. The number of aryl methyl sites for hydroxylation is 1. The van der Waals surface area contributed by atoms with Gasteiger partial charge in [-0.1, -0.05) is 17.7 Å². The Morgan fingerprint density at radius 1 is 1.22 bits per heavy atom. The molecule has 3 heterocycles. The molecule has 2 aliphatic rings. The fourth-order valence-corrected chi connectivity index (χ4v) is 6.00. The van der Waals surface area contributed by atoms with E-state index in [9.17, 15) is 32.7 Å². The average Bonchev–Trinajstić information content (AvgIpc) is 3.01. The van der Waals surface area contributed by atoms with Crippen LogP contribution in [0.25, 0.3) is 11.3 Å². The van der Waals surface area contributed by atoms with Crippen LogP contribution < -0.4 is 20.5 Å². The van der Waals surface area contributed by atoms with Crippen molar-refractivity contribution in [1.82, 2.24) is 14.9 Å². The minimum atomic E-state index is -4.67. The molecule has 1 amide bonds. The second-order valence-corrected chi connectivity index (χ2v) is 11.6. The summed E-state index contributed by atoms with van der Waals surface area (Å²) in [4.78, 5) is 43.9. The highest BCUT2D eigenvalue weighted by Gasteiger charge is 2.46. The highest BCUT2D eigenvalue weighted by atomic mass is 35.5. The third-order valence-corrected chi connectivity index (χ3v) is 8.66. The van der Waals surface area contributed by atoms with Crippen molar-refractivity contribution < 1.29 is 41.7 Å². The van der Waals surface area contributed by atoms with Gasteiger partial charge in [0.05, 0.1) is 36.1 Å². The summed E-state index contributed by atoms with van der Waals surface area (Å²) < 4.78 is 68.4. The zero-order valence-electron chi connectivity index (χ0n) is 25.1. The molecular formula is C31H31ClF4N4O6. The van der Waals surface area contributed by atoms with Crippen LogP contribution in [0, 0.1) is 19.7 Å². The normalized spacial score (nSPS) is 17.2. The van der Waals surface area contributed by atoms with E-state index < -0.39 is 53.1 Å². The molecule has 0 saturated carbocycles. The smallest absolute Gasteiger partial charge is 0.411 e. The number of ether oxygens (including phenoxy) is 2. The molecule has 0 spiro atoms. The van der Waals surface area contributed by atoms with E-state index in [-0.39, 0.29) is 36.5 Å². The summed E-state index contributed by atoms with van der Waals surface area (Å²) in [5.41, 5.74) is 1.97. The number of carbonyl (C=O) groups is 2. The maximum Gasteiger partial charge on any atom is 0.411 e. The van der Waals surface area contributed by atoms with Gasteiger partial charge in [-0.3, -0.25) is 9.59 Å². The first-order valence-electron chi connectivity index (χ1n) is 14.4. The Bertz CT molecular complexity index is 1740. The Morgan fingerprint density at radius 2 is 1.96 bits per heavy atom. The maximum absolute atomic E-state index is 15.3. The standard InChI is InChI=1S/C31H31ClF4N4O6/c1-15-16(2)39(3)29(42)26(37-15)20-7-6-17(19-5-4-9-46-27(19)20)11-23(30(43)44)38-28(41)25-21(32)12-18(13-22(25)33)40-8-10-45-14-24(40)31(34,35)36/h6-7,12-13,23-24H,4-5,8-11,14H2,1-3H3,(H,38,41)(H,43,44)/t23-,24+/m0/s1. The van der Waals surface area contributed by atoms with Crippen molar-refractivity contribution in [3.8, 4) is 17.0 Å². The minimum absolute atomic E-state index is 0.0259. The van der Waals surface area contributed by atoms with Crippen LogP contribution in [-0.2, 0) is 29.4 Å². The van der Waals surface area contributed by atoms with E-state index in [1.54, 1.807) is 33.0 Å². The molecular weight excluding hydrogens is 636 g/mol. The monoisotopic (exact) mass is 666 g/mol. The zero-order chi connectivity index (χ0) is 33.5. The largest absolute Gasteiger partial charge is 0.493 e. The van der Waals surface area contributed by atoms with Crippen LogP contribution in [0.15, 0.2) is 29.1 Å². The highest BCUT2D eigenvalue weighted by Crippen LogP contribution is 2.38. The van der Waals surface area contributed by atoms with Gasteiger partial charge in [0.15, 0.2) is 0 Å². The number of anilines is 1. The first kappa shape index (κ1) is 33.2. The lowest BCUT2D eigenvalue weighted by atomic mass is 9.91. The third-order valence-electron chi connectivity index (χ3n) is 8.36. The summed E-state index contributed by atoms with van der Waals surface area (Å²) in [5.74, 6) is -3.38. The maximum atomic E-state index is 15.3. The van der Waals surface area contributed by atoms with Gasteiger partial charge >= 0.3 is 12.1 Å². The van der Waals surface area contributed by atoms with E-state index >= 15 is 4.39 Å². The van der Waals surface area contributed by atoms with Gasteiger partial charge < -0.3 is 29.4 Å². The first-order chi connectivity index (χ1) is 21.7. The van der Waals surface area contributed by atoms with Gasteiger partial charge in [-0.15, -0.1) is 0 Å². The van der Waals surface area contributed by atoms with Crippen molar-refractivity contribution >= 4 is 29.2 Å². The predicted octanol–water partition coefficient (Wildman–Crippen LogP) is 4.37. The molecule has 1 saturated heterocycles. The van der Waals surface area contributed by atoms with Crippen molar-refractivity contribution in [3.05, 3.63) is 73.5 Å². The number of rotatable bonds is 7. The van der Waals surface area contributed by atoms with Crippen molar-refractivity contribution in [2.45, 2.75) is 51.4 Å². The van der Waals surface area contributed by atoms with E-state index in [1.807, 2.05) is 0 Å². The molecule has 246 valence electrons. The Morgan fingerprint density at radius 3 is 2.63 bits per heavy atom. The molecule has 0 radical (unpaired) electrons. The summed E-state index contributed by atoms with van der Waals surface area (Å²) in [5, 5.41) is 11.8. The Labute approximate surface area is 265 Å². The van der Waals surface area contributed by atoms with Crippen LogP contribution >= 0.6 is 11.6 Å². The molecule has 15 heteroatoms. The van der Waals surface area contributed by atoms with Crippen LogP contribution in [0.5, 0.6) is 5.75 Å². The molecule has 2 atom stereocenters. The molecule has 0 unspecified atom stereocenters. The molecule has 2 N–H and O–H groups in total. The quantitative estimate of drug-likeness (QED) is 0.357. The summed E-state index contributed by atoms with van der Waals surface area (Å²) >= 11 is 6.21. The number of carboxylic acid groups (broad SMARTS) is 1. The van der Waals surface area contributed by atoms with E-state index in [4.69, 9.17) is 21.1 Å². The zero-order valence-corrected chi connectivity index (χ0v) is 25.9. The number of hydrogen-bond donors (Lipinski definition) is 2. The lowest BCUT2D eigenvalue weighted by Gasteiger charge is -2.38. The van der Waals surface area contributed by atoms with E-state index in [0.29, 0.717) is 53.3 Å². The summed E-state index contributed by atoms with van der Waals surface area (Å²) in [6.07, 6.45) is -3.76. The van der Waals surface area contributed by atoms with E-state index in [0.717, 1.165) is 17.0 Å². The molecule has 5 rings (SSSR count). The second kappa shape index (κ2) is 12.9. The van der Waals surface area contributed by atoms with Gasteiger partial charge in [0.2, 0.25) is 0 Å². The molecule has 1 aromatic heterocycles. The number of nitrogens with zero attached hydrogens (tertiary/aromatic N) is 3. The number of alkyl halides is 3. The second-order valence-electron chi connectivity index (χ2n) is 11.2. The van der Waals surface area contributed by atoms with Crippen molar-refractivity contribution in [2.24, 2.45) is 7.05 Å². The fourth-order valence-electron chi connectivity index (χ4n) is 5.71. The van der Waals surface area contributed by atoms with Crippen LogP contribution in [0.1, 0.15) is 39.3 Å². The number of nitrogens with one attached hydrogen (secondary N) is 1. The molecule has 46 heavy (non-hydrogen) atoms. The molecule has 2 aromatic carbocycles. The topological polar surface area (TPSA) is 123 Å². The lowest BCUT2D eigenvalue weighted by Crippen LogP contribution is -2.53. The Hall–Kier alpha value is -4.17. The van der Waals surface area contributed by atoms with E-state index in [1.165, 1.54) is 4.57 Å². The van der Waals surface area contributed by atoms with Gasteiger partial charge in [-0.2, -0.15) is 13.2 Å². The number of amides is 1. The van der Waals surface area contributed by atoms with Gasteiger partial charge in [0, 0.05) is 37.0 Å². The summed E-state index contributed by atoms with van der Waals surface area (Å²) in [7, 11) is 1.64. The fraction of sp³-hybridized carbons (Fsp3) is 0.419. The number of aromatic nitrogens is 2. The van der Waals surface area contributed by atoms with Gasteiger partial charge in [-0.25, -0.2) is 14.2 Å². The molecule has 10 nitrogen and oxygen atoms in total. The predicted molar refractivity (Wildman–Crippen MR) is 160 cm³/mol. The molecule has 2 aliphatic heterocycles. The number of halogens is 5. The minimum Gasteiger partial charge on any atom is -0.493 e. The number of carbonyl (C=O) groups excluding carboxylic acids is 1. The van der Waals surface area contributed by atoms with Crippen molar-refractivity contribution in [3.63, 3.8) is 0 Å². The number of benzene rings is 2. The Balaban J connectivity index is 1.43. The number of aliphatic carboxylic acids is 1. The number of fused-ring (bicyclic) bond motifs is 1. The molecule has 0 aliphatic carbocycles. The highest BCUT2D eigenvalue weighted by molar-refractivity contribution is 6.34. The summed E-state index contributed by atoms with van der Waals surface area (Å²) in [6.45, 7) is 3.07. The summed E-state index contributed by atoms with van der Waals surface area (Å²) in [6, 6.07) is 1.48. The van der Waals surface area contributed by atoms with Crippen LogP contribution in [0.2, 0.25) is 5.02 Å². The van der Waals surface area contributed by atoms with Crippen LogP contribution in [0.3, 0.4) is 0 Å². The van der Waals surface area contributed by atoms with E-state index in [2.05, 4.69) is 10.3 Å². The molecule has 3 aromatic rings. The molecule has 0 bridgehead atoms. The SMILES string of the molecule is Cc1nc(-c2ccc(C[C@H](NC(=O)c3c(F)cc(N4CCOC[C@@H]4C(F)(F)F)cc3Cl)C(=O)O)c3c2OCCC3)c(=O)n(C)c1C. The van der Waals surface area contributed by atoms with Crippen molar-refractivity contribution in [2.75, 3.05) is 31.3 Å². The number of carboxylic acids is 1. The van der Waals surface area contributed by atoms with Crippen LogP contribution in [-0.4, -0.2) is 71.2 Å². The first-order valence-corrected chi connectivity index (χ1v) is 14.8. The lowest BCUT2D eigenvalue weighted by molar-refractivity contribution is -0.167.